The summed E-state index contributed by atoms with van der Waals surface area (Å²) in [5, 5.41) is 4.71. The standard InChI is InChI=1S/C25H21ClN2O2S2/c1-15(21-13-27-31-14-21)30-25(29)28-22-12-23(26)32-24(22)20-10-8-19(9-11-20)18-6-4-17(5-7-18)16-2-3-16/h4-16H,2-3H2,1H3,(H,28,29). The van der Waals surface area contributed by atoms with Crippen molar-refractivity contribution in [3.05, 3.63) is 81.6 Å². The molecule has 1 atom stereocenters. The molecule has 1 saturated carbocycles. The number of thiophene rings is 1. The van der Waals surface area contributed by atoms with E-state index in [0.717, 1.165) is 27.5 Å². The number of anilines is 1. The third kappa shape index (κ3) is 4.72. The number of ether oxygens (including phenoxy) is 1. The molecule has 1 N–H and O–H groups in total. The average Bonchev–Trinajstić information content (AvgIpc) is 3.37. The minimum atomic E-state index is -0.521. The molecule has 0 aliphatic heterocycles. The second kappa shape index (κ2) is 9.06. The summed E-state index contributed by atoms with van der Waals surface area (Å²) < 4.78 is 10.1. The predicted octanol–water partition coefficient (Wildman–Crippen LogP) is 8.38. The summed E-state index contributed by atoms with van der Waals surface area (Å²) >= 11 is 9.03. The van der Waals surface area contributed by atoms with Crippen molar-refractivity contribution in [3.63, 3.8) is 0 Å². The molecule has 1 aliphatic carbocycles. The van der Waals surface area contributed by atoms with Gasteiger partial charge in [0.25, 0.3) is 0 Å². The third-order valence-corrected chi connectivity index (χ3v) is 7.50. The Kier molecular flexibility index (Phi) is 6.00. The van der Waals surface area contributed by atoms with Crippen LogP contribution < -0.4 is 5.32 Å². The van der Waals surface area contributed by atoms with Crippen LogP contribution in [-0.4, -0.2) is 10.5 Å². The van der Waals surface area contributed by atoms with Gasteiger partial charge in [0.05, 0.1) is 14.9 Å². The number of nitrogens with zero attached hydrogens (tertiary/aromatic N) is 1. The van der Waals surface area contributed by atoms with E-state index in [9.17, 15) is 4.79 Å². The van der Waals surface area contributed by atoms with Crippen LogP contribution in [0.3, 0.4) is 0 Å². The predicted molar refractivity (Wildman–Crippen MR) is 133 cm³/mol. The maximum absolute atomic E-state index is 12.4. The average molecular weight is 481 g/mol. The van der Waals surface area contributed by atoms with Crippen molar-refractivity contribution in [1.82, 2.24) is 4.37 Å². The number of carbonyl (C=O) groups is 1. The van der Waals surface area contributed by atoms with E-state index >= 15 is 0 Å². The number of halogens is 1. The molecule has 4 nitrogen and oxygen atoms in total. The minimum absolute atomic E-state index is 0.378. The monoisotopic (exact) mass is 480 g/mol. The topological polar surface area (TPSA) is 51.2 Å². The van der Waals surface area contributed by atoms with Crippen molar-refractivity contribution in [2.75, 3.05) is 5.32 Å². The highest BCUT2D eigenvalue weighted by atomic mass is 35.5. The largest absolute Gasteiger partial charge is 0.441 e. The first kappa shape index (κ1) is 21.2. The van der Waals surface area contributed by atoms with Gasteiger partial charge < -0.3 is 4.74 Å². The van der Waals surface area contributed by atoms with Crippen LogP contribution in [0, 0.1) is 0 Å². The summed E-state index contributed by atoms with van der Waals surface area (Å²) in [6.07, 6.45) is 3.43. The fraction of sp³-hybridized carbons (Fsp3) is 0.200. The van der Waals surface area contributed by atoms with Crippen LogP contribution in [0.5, 0.6) is 0 Å². The Hall–Kier alpha value is -2.67. The van der Waals surface area contributed by atoms with Crippen LogP contribution in [0.4, 0.5) is 10.5 Å². The number of hydrogen-bond donors (Lipinski definition) is 1. The maximum Gasteiger partial charge on any atom is 0.412 e. The maximum atomic E-state index is 12.4. The summed E-state index contributed by atoms with van der Waals surface area (Å²) in [4.78, 5) is 13.3. The molecule has 1 fully saturated rings. The zero-order chi connectivity index (χ0) is 22.1. The molecule has 0 spiro atoms. The van der Waals surface area contributed by atoms with Gasteiger partial charge in [0, 0.05) is 17.1 Å². The van der Waals surface area contributed by atoms with Crippen LogP contribution in [0.1, 0.15) is 42.9 Å². The summed E-state index contributed by atoms with van der Waals surface area (Å²) in [6, 6.07) is 18.9. The second-order valence-corrected chi connectivity index (χ2v) is 10.2. The molecule has 1 unspecified atom stereocenters. The third-order valence-electron chi connectivity index (χ3n) is 5.58. The zero-order valence-electron chi connectivity index (χ0n) is 17.4. The van der Waals surface area contributed by atoms with Crippen LogP contribution in [0.25, 0.3) is 21.6 Å². The Morgan fingerprint density at radius 1 is 1.09 bits per heavy atom. The van der Waals surface area contributed by atoms with Crippen LogP contribution in [0.15, 0.2) is 66.2 Å². The first-order chi connectivity index (χ1) is 15.6. The molecule has 32 heavy (non-hydrogen) atoms. The Labute approximate surface area is 200 Å². The molecule has 162 valence electrons. The highest BCUT2D eigenvalue weighted by molar-refractivity contribution is 7.20. The van der Waals surface area contributed by atoms with Crippen molar-refractivity contribution in [3.8, 4) is 21.6 Å². The van der Waals surface area contributed by atoms with E-state index in [1.165, 1.54) is 46.8 Å². The lowest BCUT2D eigenvalue weighted by Crippen LogP contribution is -2.15. The molecule has 2 aromatic carbocycles. The first-order valence-electron chi connectivity index (χ1n) is 10.4. The van der Waals surface area contributed by atoms with Gasteiger partial charge in [0.1, 0.15) is 6.10 Å². The van der Waals surface area contributed by atoms with Gasteiger partial charge in [-0.05, 0) is 65.5 Å². The van der Waals surface area contributed by atoms with E-state index in [2.05, 4.69) is 58.2 Å². The SMILES string of the molecule is CC(OC(=O)Nc1cc(Cl)sc1-c1ccc(-c2ccc(C3CC3)cc2)cc1)c1cnsc1. The number of carbonyl (C=O) groups excluding carboxylic acids is 1. The van der Waals surface area contributed by atoms with E-state index in [1.54, 1.807) is 12.3 Å². The van der Waals surface area contributed by atoms with Gasteiger partial charge in [-0.1, -0.05) is 60.1 Å². The van der Waals surface area contributed by atoms with Crippen LogP contribution in [0.2, 0.25) is 4.34 Å². The van der Waals surface area contributed by atoms with E-state index < -0.39 is 6.09 Å². The van der Waals surface area contributed by atoms with Gasteiger partial charge in [0.15, 0.2) is 0 Å². The molecule has 0 saturated heterocycles. The van der Waals surface area contributed by atoms with Crippen molar-refractivity contribution >= 4 is 46.3 Å². The molecule has 7 heteroatoms. The van der Waals surface area contributed by atoms with E-state index in [0.29, 0.717) is 10.0 Å². The van der Waals surface area contributed by atoms with Gasteiger partial charge >= 0.3 is 6.09 Å². The molecular weight excluding hydrogens is 460 g/mol. The zero-order valence-corrected chi connectivity index (χ0v) is 19.8. The minimum Gasteiger partial charge on any atom is -0.441 e. The second-order valence-electron chi connectivity index (χ2n) is 7.90. The molecular formula is C25H21ClN2O2S2. The van der Waals surface area contributed by atoms with E-state index in [-0.39, 0.29) is 6.10 Å². The van der Waals surface area contributed by atoms with Crippen molar-refractivity contribution in [2.24, 2.45) is 0 Å². The highest BCUT2D eigenvalue weighted by Crippen LogP contribution is 2.41. The Morgan fingerprint density at radius 3 is 2.38 bits per heavy atom. The number of rotatable bonds is 6. The molecule has 2 heterocycles. The summed E-state index contributed by atoms with van der Waals surface area (Å²) in [7, 11) is 0. The molecule has 2 aromatic heterocycles. The normalized spacial score (nSPS) is 14.2. The number of benzene rings is 2. The quantitative estimate of drug-likeness (QED) is 0.301. The summed E-state index contributed by atoms with van der Waals surface area (Å²) in [5.74, 6) is 0.762. The lowest BCUT2D eigenvalue weighted by atomic mass is 10.0. The number of aromatic nitrogens is 1. The molecule has 1 aliphatic rings. The van der Waals surface area contributed by atoms with Gasteiger partial charge in [-0.15, -0.1) is 11.3 Å². The molecule has 1 amide bonds. The molecule has 5 rings (SSSR count). The van der Waals surface area contributed by atoms with Gasteiger partial charge in [0.2, 0.25) is 0 Å². The van der Waals surface area contributed by atoms with Crippen molar-refractivity contribution < 1.29 is 9.53 Å². The smallest absolute Gasteiger partial charge is 0.412 e. The van der Waals surface area contributed by atoms with Gasteiger partial charge in [-0.25, -0.2) is 9.17 Å². The number of hydrogen-bond acceptors (Lipinski definition) is 5. The lowest BCUT2D eigenvalue weighted by Gasteiger charge is -2.13. The number of amides is 1. The first-order valence-corrected chi connectivity index (χ1v) is 12.5. The van der Waals surface area contributed by atoms with E-state index in [1.807, 2.05) is 12.3 Å². The van der Waals surface area contributed by atoms with Crippen molar-refractivity contribution in [2.45, 2.75) is 31.8 Å². The summed E-state index contributed by atoms with van der Waals surface area (Å²) in [5.41, 5.74) is 6.29. The molecule has 0 bridgehead atoms. The Morgan fingerprint density at radius 2 is 1.75 bits per heavy atom. The van der Waals surface area contributed by atoms with Crippen LogP contribution >= 0.6 is 34.5 Å². The Bertz CT molecular complexity index is 1210. The fourth-order valence-corrected chi connectivity index (χ4v) is 5.43. The van der Waals surface area contributed by atoms with Gasteiger partial charge in [-0.2, -0.15) is 0 Å². The molecule has 4 aromatic rings. The Balaban J connectivity index is 1.31. The lowest BCUT2D eigenvalue weighted by molar-refractivity contribution is 0.121. The fourth-order valence-electron chi connectivity index (χ4n) is 3.63. The summed E-state index contributed by atoms with van der Waals surface area (Å²) in [6.45, 7) is 1.82. The van der Waals surface area contributed by atoms with E-state index in [4.69, 9.17) is 16.3 Å². The number of nitrogens with one attached hydrogen (secondary N) is 1. The van der Waals surface area contributed by atoms with Crippen molar-refractivity contribution in [1.29, 1.82) is 0 Å². The van der Waals surface area contributed by atoms with Gasteiger partial charge in [-0.3, -0.25) is 5.32 Å². The molecule has 0 radical (unpaired) electrons. The van der Waals surface area contributed by atoms with Crippen LogP contribution in [-0.2, 0) is 4.74 Å². The highest BCUT2D eigenvalue weighted by Gasteiger charge is 2.23.